The van der Waals surface area contributed by atoms with Gasteiger partial charge in [0.25, 0.3) is 5.89 Å². The predicted octanol–water partition coefficient (Wildman–Crippen LogP) is 3.41. The third-order valence-corrected chi connectivity index (χ3v) is 5.10. The van der Waals surface area contributed by atoms with Gasteiger partial charge in [0.15, 0.2) is 11.4 Å². The number of benzene rings is 1. The van der Waals surface area contributed by atoms with E-state index in [2.05, 4.69) is 15.2 Å². The van der Waals surface area contributed by atoms with Crippen LogP contribution in [0.2, 0.25) is 0 Å². The predicted molar refractivity (Wildman–Crippen MR) is 110 cm³/mol. The Labute approximate surface area is 172 Å². The Morgan fingerprint density at radius 2 is 2.00 bits per heavy atom. The summed E-state index contributed by atoms with van der Waals surface area (Å²) in [7, 11) is 1.55. The fourth-order valence-corrected chi connectivity index (χ4v) is 3.70. The van der Waals surface area contributed by atoms with Gasteiger partial charge in [-0.15, -0.1) is 10.2 Å². The van der Waals surface area contributed by atoms with Gasteiger partial charge in [-0.25, -0.2) is 4.98 Å². The largest absolute Gasteiger partial charge is 0.492 e. The first-order chi connectivity index (χ1) is 14.7. The molecule has 1 aromatic carbocycles. The van der Waals surface area contributed by atoms with Gasteiger partial charge in [0.2, 0.25) is 11.8 Å². The molecule has 0 bridgehead atoms. The van der Waals surface area contributed by atoms with Crippen LogP contribution in [0.15, 0.2) is 53.1 Å². The number of carbonyl (C=O) groups excluding carboxylic acids is 1. The molecule has 4 heterocycles. The maximum Gasteiger partial charge on any atom is 0.270 e. The van der Waals surface area contributed by atoms with Crippen LogP contribution >= 0.6 is 0 Å². The van der Waals surface area contributed by atoms with Crippen molar-refractivity contribution >= 4 is 22.6 Å². The third kappa shape index (κ3) is 3.16. The van der Waals surface area contributed by atoms with Gasteiger partial charge in [-0.3, -0.25) is 14.7 Å². The summed E-state index contributed by atoms with van der Waals surface area (Å²) in [6.45, 7) is 0.616. The number of aromatic nitrogens is 4. The SMILES string of the molecule is COc1c(-c2nnc(Cc3ccccc3)o2)nc(N2CCCC2=O)c2cccnc12. The smallest absolute Gasteiger partial charge is 0.270 e. The normalized spacial score (nSPS) is 13.9. The Morgan fingerprint density at radius 1 is 1.13 bits per heavy atom. The number of nitrogens with zero attached hydrogens (tertiary/aromatic N) is 5. The monoisotopic (exact) mass is 401 g/mol. The zero-order valence-electron chi connectivity index (χ0n) is 16.4. The van der Waals surface area contributed by atoms with Gasteiger partial charge in [0.05, 0.1) is 13.5 Å². The van der Waals surface area contributed by atoms with Crippen molar-refractivity contribution in [3.63, 3.8) is 0 Å². The van der Waals surface area contributed by atoms with Gasteiger partial charge < -0.3 is 9.15 Å². The van der Waals surface area contributed by atoms with Crippen molar-refractivity contribution < 1.29 is 13.9 Å². The minimum absolute atomic E-state index is 0.0408. The molecule has 150 valence electrons. The highest BCUT2D eigenvalue weighted by Gasteiger charge is 2.29. The first kappa shape index (κ1) is 18.2. The summed E-state index contributed by atoms with van der Waals surface area (Å²) in [5.74, 6) is 1.73. The Bertz CT molecular complexity index is 1220. The molecule has 5 rings (SSSR count). The molecule has 8 heteroatoms. The average molecular weight is 401 g/mol. The molecule has 3 aromatic heterocycles. The van der Waals surface area contributed by atoms with Crippen molar-refractivity contribution in [2.45, 2.75) is 19.3 Å². The minimum Gasteiger partial charge on any atom is -0.492 e. The van der Waals surface area contributed by atoms with E-state index in [-0.39, 0.29) is 11.8 Å². The van der Waals surface area contributed by atoms with Crippen LogP contribution in [0.4, 0.5) is 5.82 Å². The molecular formula is C22H19N5O3. The lowest BCUT2D eigenvalue weighted by molar-refractivity contribution is -0.117. The maximum absolute atomic E-state index is 12.4. The summed E-state index contributed by atoms with van der Waals surface area (Å²) < 4.78 is 11.5. The number of pyridine rings is 2. The van der Waals surface area contributed by atoms with Crippen LogP contribution in [0.3, 0.4) is 0 Å². The summed E-state index contributed by atoms with van der Waals surface area (Å²) in [6.07, 6.45) is 3.50. The highest BCUT2D eigenvalue weighted by molar-refractivity contribution is 6.05. The average Bonchev–Trinajstić information content (AvgIpc) is 3.42. The number of anilines is 1. The second-order valence-electron chi connectivity index (χ2n) is 7.03. The van der Waals surface area contributed by atoms with Gasteiger partial charge in [-0.1, -0.05) is 30.3 Å². The number of methoxy groups -OCH3 is 1. The van der Waals surface area contributed by atoms with E-state index in [1.165, 1.54) is 0 Å². The number of hydrogen-bond donors (Lipinski definition) is 0. The lowest BCUT2D eigenvalue weighted by Crippen LogP contribution is -2.25. The highest BCUT2D eigenvalue weighted by atomic mass is 16.5. The molecule has 0 spiro atoms. The topological polar surface area (TPSA) is 94.2 Å². The van der Waals surface area contributed by atoms with Gasteiger partial charge >= 0.3 is 0 Å². The minimum atomic E-state index is 0.0408. The van der Waals surface area contributed by atoms with Gasteiger partial charge in [0.1, 0.15) is 11.3 Å². The second-order valence-corrected chi connectivity index (χ2v) is 7.03. The van der Waals surface area contributed by atoms with E-state index in [0.717, 1.165) is 17.4 Å². The fourth-order valence-electron chi connectivity index (χ4n) is 3.70. The highest BCUT2D eigenvalue weighted by Crippen LogP contribution is 2.39. The molecule has 1 saturated heterocycles. The zero-order valence-corrected chi connectivity index (χ0v) is 16.4. The summed E-state index contributed by atoms with van der Waals surface area (Å²) in [5, 5.41) is 9.11. The molecule has 1 fully saturated rings. The first-order valence-electron chi connectivity index (χ1n) is 9.74. The lowest BCUT2D eigenvalue weighted by Gasteiger charge is -2.19. The van der Waals surface area contributed by atoms with Crippen LogP contribution in [0.5, 0.6) is 5.75 Å². The molecule has 0 unspecified atom stereocenters. The molecule has 4 aromatic rings. The van der Waals surface area contributed by atoms with Crippen LogP contribution in [0, 0.1) is 0 Å². The summed E-state index contributed by atoms with van der Waals surface area (Å²) >= 11 is 0. The molecule has 0 N–H and O–H groups in total. The Balaban J connectivity index is 1.63. The molecular weight excluding hydrogens is 382 g/mol. The van der Waals surface area contributed by atoms with Crippen LogP contribution in [-0.4, -0.2) is 39.7 Å². The van der Waals surface area contributed by atoms with Crippen molar-refractivity contribution in [3.8, 4) is 17.3 Å². The van der Waals surface area contributed by atoms with E-state index >= 15 is 0 Å². The van der Waals surface area contributed by atoms with E-state index in [1.54, 1.807) is 18.2 Å². The molecule has 0 radical (unpaired) electrons. The maximum atomic E-state index is 12.4. The van der Waals surface area contributed by atoms with E-state index in [9.17, 15) is 4.79 Å². The first-order valence-corrected chi connectivity index (χ1v) is 9.74. The fraction of sp³-hybridized carbons (Fsp3) is 0.227. The summed E-state index contributed by atoms with van der Waals surface area (Å²) in [5.41, 5.74) is 2.05. The number of fused-ring (bicyclic) bond motifs is 1. The molecule has 0 atom stereocenters. The standard InChI is InChI=1S/C22H19N5O3/c1-29-20-18-15(9-5-11-23-18)21(27-12-6-10-17(27)28)24-19(20)22-26-25-16(30-22)13-14-7-3-2-4-8-14/h2-5,7-9,11H,6,10,12-13H2,1H3. The van der Waals surface area contributed by atoms with Crippen molar-refractivity contribution in [1.82, 2.24) is 20.2 Å². The number of rotatable bonds is 5. The van der Waals surface area contributed by atoms with Crippen LogP contribution in [-0.2, 0) is 11.2 Å². The summed E-state index contributed by atoms with van der Waals surface area (Å²) in [6, 6.07) is 13.6. The number of ether oxygens (including phenoxy) is 1. The quantitative estimate of drug-likeness (QED) is 0.506. The summed E-state index contributed by atoms with van der Waals surface area (Å²) in [4.78, 5) is 23.3. The molecule has 30 heavy (non-hydrogen) atoms. The third-order valence-electron chi connectivity index (χ3n) is 5.10. The number of hydrogen-bond acceptors (Lipinski definition) is 7. The van der Waals surface area contributed by atoms with E-state index in [1.807, 2.05) is 42.5 Å². The van der Waals surface area contributed by atoms with E-state index < -0.39 is 0 Å². The molecule has 1 amide bonds. The Hall–Kier alpha value is -3.81. The number of amides is 1. The van der Waals surface area contributed by atoms with Gasteiger partial charge in [0, 0.05) is 24.5 Å². The Morgan fingerprint density at radius 3 is 2.77 bits per heavy atom. The molecule has 8 nitrogen and oxygen atoms in total. The van der Waals surface area contributed by atoms with Crippen LogP contribution < -0.4 is 9.64 Å². The van der Waals surface area contributed by atoms with E-state index in [0.29, 0.717) is 48.1 Å². The second kappa shape index (κ2) is 7.55. The van der Waals surface area contributed by atoms with Crippen molar-refractivity contribution in [2.24, 2.45) is 0 Å². The van der Waals surface area contributed by atoms with Gasteiger partial charge in [-0.2, -0.15) is 0 Å². The van der Waals surface area contributed by atoms with Crippen LogP contribution in [0.25, 0.3) is 22.5 Å². The Kier molecular flexibility index (Phi) is 4.59. The molecule has 0 saturated carbocycles. The van der Waals surface area contributed by atoms with Crippen molar-refractivity contribution in [3.05, 3.63) is 60.1 Å². The zero-order chi connectivity index (χ0) is 20.5. The molecule has 1 aliphatic heterocycles. The van der Waals surface area contributed by atoms with E-state index in [4.69, 9.17) is 14.1 Å². The lowest BCUT2D eigenvalue weighted by atomic mass is 10.1. The molecule has 0 aliphatic carbocycles. The molecule has 1 aliphatic rings. The van der Waals surface area contributed by atoms with Crippen LogP contribution in [0.1, 0.15) is 24.3 Å². The van der Waals surface area contributed by atoms with Gasteiger partial charge in [-0.05, 0) is 24.1 Å². The van der Waals surface area contributed by atoms with Crippen molar-refractivity contribution in [2.75, 3.05) is 18.6 Å². The number of carbonyl (C=O) groups is 1. The van der Waals surface area contributed by atoms with Crippen molar-refractivity contribution in [1.29, 1.82) is 0 Å².